The molecule has 0 amide bonds. The summed E-state index contributed by atoms with van der Waals surface area (Å²) in [6, 6.07) is 8.14. The Bertz CT molecular complexity index is 386. The molecule has 0 bridgehead atoms. The fourth-order valence-corrected chi connectivity index (χ4v) is 1.96. The van der Waals surface area contributed by atoms with Crippen LogP contribution in [0.3, 0.4) is 0 Å². The van der Waals surface area contributed by atoms with Gasteiger partial charge in [-0.1, -0.05) is 48.2 Å². The molecule has 0 spiro atoms. The summed E-state index contributed by atoms with van der Waals surface area (Å²) in [5.74, 6) is 0.712. The van der Waals surface area contributed by atoms with Crippen LogP contribution in [0, 0.1) is 0 Å². The fraction of sp³-hybridized carbons (Fsp3) is 0.357. The van der Waals surface area contributed by atoms with Crippen molar-refractivity contribution in [3.05, 3.63) is 41.5 Å². The lowest BCUT2D eigenvalue weighted by Crippen LogP contribution is -1.92. The van der Waals surface area contributed by atoms with E-state index in [1.54, 1.807) is 6.92 Å². The quantitative estimate of drug-likeness (QED) is 0.843. The van der Waals surface area contributed by atoms with Crippen molar-refractivity contribution < 1.29 is 9.90 Å². The number of carbonyl (C=O) groups excluding carboxylic acids is 1. The summed E-state index contributed by atoms with van der Waals surface area (Å²) >= 11 is 1.31. The molecule has 0 unspecified atom stereocenters. The predicted octanol–water partition coefficient (Wildman–Crippen LogP) is 2.90. The number of aryl methyl sites for hydroxylation is 1. The second-order valence-electron chi connectivity index (χ2n) is 3.73. The van der Waals surface area contributed by atoms with Gasteiger partial charge in [-0.3, -0.25) is 4.79 Å². The van der Waals surface area contributed by atoms with Gasteiger partial charge in [0.2, 0.25) is 0 Å². The summed E-state index contributed by atoms with van der Waals surface area (Å²) < 4.78 is 0. The van der Waals surface area contributed by atoms with Crippen molar-refractivity contribution in [2.75, 3.05) is 12.4 Å². The number of benzene rings is 1. The Morgan fingerprint density at radius 3 is 2.88 bits per heavy atom. The zero-order valence-electron chi connectivity index (χ0n) is 10.1. The monoisotopic (exact) mass is 250 g/mol. The molecule has 1 rings (SSSR count). The van der Waals surface area contributed by atoms with Crippen molar-refractivity contribution >= 4 is 23.0 Å². The van der Waals surface area contributed by atoms with Crippen LogP contribution >= 0.6 is 11.8 Å². The highest BCUT2D eigenvalue weighted by Gasteiger charge is 1.98. The van der Waals surface area contributed by atoms with E-state index in [1.165, 1.54) is 22.9 Å². The first-order valence-corrected chi connectivity index (χ1v) is 6.71. The van der Waals surface area contributed by atoms with Crippen LogP contribution in [0.4, 0.5) is 0 Å². The first kappa shape index (κ1) is 14.0. The molecular weight excluding hydrogens is 232 g/mol. The molecule has 1 aromatic carbocycles. The van der Waals surface area contributed by atoms with E-state index in [-0.39, 0.29) is 11.7 Å². The van der Waals surface area contributed by atoms with Crippen LogP contribution in [-0.4, -0.2) is 22.6 Å². The van der Waals surface area contributed by atoms with Gasteiger partial charge in [0.1, 0.15) is 0 Å². The molecule has 1 aromatic rings. The van der Waals surface area contributed by atoms with Crippen LogP contribution in [0.5, 0.6) is 0 Å². The summed E-state index contributed by atoms with van der Waals surface area (Å²) in [4.78, 5) is 10.8. The lowest BCUT2D eigenvalue weighted by molar-refractivity contribution is -0.109. The van der Waals surface area contributed by atoms with Crippen molar-refractivity contribution in [1.82, 2.24) is 0 Å². The van der Waals surface area contributed by atoms with Gasteiger partial charge >= 0.3 is 0 Å². The third-order valence-electron chi connectivity index (χ3n) is 2.34. The molecule has 0 atom stereocenters. The van der Waals surface area contributed by atoms with Gasteiger partial charge in [-0.15, -0.1) is 0 Å². The highest BCUT2D eigenvalue weighted by atomic mass is 32.2. The topological polar surface area (TPSA) is 37.3 Å². The normalized spacial score (nSPS) is 10.9. The van der Waals surface area contributed by atoms with Gasteiger partial charge in [0.25, 0.3) is 0 Å². The van der Waals surface area contributed by atoms with Crippen LogP contribution in [0.25, 0.3) is 6.08 Å². The first-order valence-electron chi connectivity index (χ1n) is 5.72. The number of carbonyl (C=O) groups is 1. The third-order valence-corrected chi connectivity index (χ3v) is 3.11. The van der Waals surface area contributed by atoms with Crippen LogP contribution in [0.1, 0.15) is 24.5 Å². The van der Waals surface area contributed by atoms with Gasteiger partial charge in [0.15, 0.2) is 5.12 Å². The fourth-order valence-electron chi connectivity index (χ4n) is 1.53. The third kappa shape index (κ3) is 5.71. The average Bonchev–Trinajstić information content (AvgIpc) is 2.33. The van der Waals surface area contributed by atoms with E-state index >= 15 is 0 Å². The lowest BCUT2D eigenvalue weighted by atomic mass is 10.0. The van der Waals surface area contributed by atoms with Crippen molar-refractivity contribution in [3.8, 4) is 0 Å². The number of aliphatic hydroxyl groups is 1. The molecule has 0 aliphatic heterocycles. The standard InChI is InChI=1S/C14H18O2S/c1-12(16)17-11-5-9-14-7-3-2-6-13(14)8-4-10-15/h2-3,5-7,9,15H,4,8,10-11H2,1H3. The molecule has 2 nitrogen and oxygen atoms in total. The maximum absolute atomic E-state index is 10.8. The molecule has 0 aromatic heterocycles. The maximum atomic E-state index is 10.8. The molecule has 0 heterocycles. The zero-order chi connectivity index (χ0) is 12.5. The molecule has 0 radical (unpaired) electrons. The molecule has 3 heteroatoms. The van der Waals surface area contributed by atoms with Crippen LogP contribution < -0.4 is 0 Å². The van der Waals surface area contributed by atoms with E-state index in [0.29, 0.717) is 5.75 Å². The molecule has 1 N–H and O–H groups in total. The highest BCUT2D eigenvalue weighted by molar-refractivity contribution is 8.13. The van der Waals surface area contributed by atoms with Gasteiger partial charge in [0, 0.05) is 19.3 Å². The predicted molar refractivity (Wildman–Crippen MR) is 74.0 cm³/mol. The number of hydrogen-bond acceptors (Lipinski definition) is 3. The molecule has 0 saturated heterocycles. The Hall–Kier alpha value is -1.06. The van der Waals surface area contributed by atoms with Gasteiger partial charge in [-0.05, 0) is 24.0 Å². The van der Waals surface area contributed by atoms with E-state index < -0.39 is 0 Å². The minimum absolute atomic E-state index is 0.142. The number of rotatable bonds is 6. The Labute approximate surface area is 107 Å². The van der Waals surface area contributed by atoms with Crippen LogP contribution in [0.2, 0.25) is 0 Å². The molecule has 0 fully saturated rings. The van der Waals surface area contributed by atoms with Crippen molar-refractivity contribution in [2.24, 2.45) is 0 Å². The average molecular weight is 250 g/mol. The molecule has 17 heavy (non-hydrogen) atoms. The van der Waals surface area contributed by atoms with Crippen molar-refractivity contribution in [1.29, 1.82) is 0 Å². The first-order chi connectivity index (χ1) is 8.24. The zero-order valence-corrected chi connectivity index (χ0v) is 10.9. The second kappa shape index (κ2) is 8.09. The summed E-state index contributed by atoms with van der Waals surface area (Å²) in [5, 5.41) is 8.98. The van der Waals surface area contributed by atoms with Crippen molar-refractivity contribution in [2.45, 2.75) is 19.8 Å². The Morgan fingerprint density at radius 1 is 1.41 bits per heavy atom. The summed E-state index contributed by atoms with van der Waals surface area (Å²) in [6.45, 7) is 1.80. The molecule has 92 valence electrons. The summed E-state index contributed by atoms with van der Waals surface area (Å²) in [5.41, 5.74) is 2.41. The minimum atomic E-state index is 0.142. The molecule has 0 aliphatic rings. The van der Waals surface area contributed by atoms with Crippen molar-refractivity contribution in [3.63, 3.8) is 0 Å². The molecule has 0 saturated carbocycles. The number of aliphatic hydroxyl groups excluding tert-OH is 1. The largest absolute Gasteiger partial charge is 0.396 e. The van der Waals surface area contributed by atoms with Gasteiger partial charge in [-0.2, -0.15) is 0 Å². The van der Waals surface area contributed by atoms with Crippen LogP contribution in [-0.2, 0) is 11.2 Å². The summed E-state index contributed by atoms with van der Waals surface area (Å²) in [7, 11) is 0. The Kier molecular flexibility index (Phi) is 6.67. The van der Waals surface area contributed by atoms with E-state index in [1.807, 2.05) is 24.3 Å². The van der Waals surface area contributed by atoms with Gasteiger partial charge in [0.05, 0.1) is 0 Å². The van der Waals surface area contributed by atoms with E-state index in [9.17, 15) is 4.79 Å². The summed E-state index contributed by atoms with van der Waals surface area (Å²) in [6.07, 6.45) is 5.72. The minimum Gasteiger partial charge on any atom is -0.396 e. The van der Waals surface area contributed by atoms with Gasteiger partial charge < -0.3 is 5.11 Å². The van der Waals surface area contributed by atoms with E-state index in [2.05, 4.69) is 12.1 Å². The Balaban J connectivity index is 2.59. The van der Waals surface area contributed by atoms with Crippen LogP contribution in [0.15, 0.2) is 30.3 Å². The van der Waals surface area contributed by atoms with E-state index in [4.69, 9.17) is 5.11 Å². The molecule has 0 aliphatic carbocycles. The highest BCUT2D eigenvalue weighted by Crippen LogP contribution is 2.13. The molecular formula is C14H18O2S. The maximum Gasteiger partial charge on any atom is 0.186 e. The lowest BCUT2D eigenvalue weighted by Gasteiger charge is -2.04. The number of thioether (sulfide) groups is 1. The smallest absolute Gasteiger partial charge is 0.186 e. The second-order valence-corrected chi connectivity index (χ2v) is 4.93. The SMILES string of the molecule is CC(=O)SCC=Cc1ccccc1CCCO. The Morgan fingerprint density at radius 2 is 2.18 bits per heavy atom. The number of hydrogen-bond donors (Lipinski definition) is 1. The van der Waals surface area contributed by atoms with Gasteiger partial charge in [-0.25, -0.2) is 0 Å². The van der Waals surface area contributed by atoms with E-state index in [0.717, 1.165) is 12.8 Å².